The van der Waals surface area contributed by atoms with Crippen LogP contribution in [0.3, 0.4) is 0 Å². The van der Waals surface area contributed by atoms with Gasteiger partial charge in [-0.3, -0.25) is 4.79 Å². The van der Waals surface area contributed by atoms with Gasteiger partial charge in [-0.1, -0.05) is 0 Å². The van der Waals surface area contributed by atoms with Crippen molar-refractivity contribution in [2.24, 2.45) is 0 Å². The van der Waals surface area contributed by atoms with Crippen LogP contribution in [0.25, 0.3) is 0 Å². The number of hydrogen-bond acceptors (Lipinski definition) is 11. The van der Waals surface area contributed by atoms with Crippen LogP contribution in [0.2, 0.25) is 0 Å². The number of carboxylic acid groups (broad SMARTS) is 1. The summed E-state index contributed by atoms with van der Waals surface area (Å²) in [6, 6.07) is 0. The van der Waals surface area contributed by atoms with Crippen molar-refractivity contribution < 1.29 is 60.3 Å². The fraction of sp³-hybridized carbons (Fsp3) is 0.833. The van der Waals surface area contributed by atoms with Crippen LogP contribution in [-0.4, -0.2) is 114 Å². The molecule has 0 aliphatic heterocycles. The largest absolute Gasteiger partial charge is 0.478 e. The lowest BCUT2D eigenvalue weighted by atomic mass is 10.0. The normalized spacial score (nSPS) is 20.3. The van der Waals surface area contributed by atoms with Gasteiger partial charge in [0.1, 0.15) is 30.5 Å². The Balaban J connectivity index is 4.83. The molecule has 0 fully saturated rings. The van der Waals surface area contributed by atoms with Crippen molar-refractivity contribution in [3.8, 4) is 0 Å². The molecule has 0 unspecified atom stereocenters. The van der Waals surface area contributed by atoms with Crippen molar-refractivity contribution in [2.45, 2.75) is 49.1 Å². The van der Waals surface area contributed by atoms with E-state index >= 15 is 0 Å². The van der Waals surface area contributed by atoms with Gasteiger partial charge in [0.05, 0.1) is 25.7 Å². The average Bonchev–Trinajstić information content (AvgIpc) is 2.55. The van der Waals surface area contributed by atoms with Crippen molar-refractivity contribution in [1.29, 1.82) is 0 Å². The summed E-state index contributed by atoms with van der Waals surface area (Å²) in [4.78, 5) is 22.5. The Morgan fingerprint density at radius 2 is 1.21 bits per heavy atom. The molecule has 0 heterocycles. The lowest BCUT2D eigenvalue weighted by molar-refractivity contribution is -0.184. The summed E-state index contributed by atoms with van der Waals surface area (Å²) in [5.74, 6) is -3.30. The van der Waals surface area contributed by atoms with Crippen LogP contribution in [0.5, 0.6) is 0 Å². The van der Waals surface area contributed by atoms with Gasteiger partial charge >= 0.3 is 11.9 Å². The number of carbonyl (C=O) groups excluding carboxylic acids is 1. The zero-order valence-corrected chi connectivity index (χ0v) is 12.4. The zero-order chi connectivity index (χ0) is 19.0. The standard InChI is InChI=1S/C12H22O12/c13-2-5(16)8(19)4(15)1-7(18)24-11(12(22)23)10(21)9(20)6(17)3-14/h4-6,8-11,13-17,19-21H,1-3H2,(H,22,23)/t4-,5-,6-,8+,9-,10+,11-/m1/s1. The molecule has 7 atom stereocenters. The molecule has 0 bridgehead atoms. The fourth-order valence-electron chi connectivity index (χ4n) is 1.63. The van der Waals surface area contributed by atoms with E-state index in [1.807, 2.05) is 0 Å². The maximum absolute atomic E-state index is 11.5. The number of rotatable bonds is 11. The van der Waals surface area contributed by atoms with E-state index in [9.17, 15) is 30.0 Å². The maximum atomic E-state index is 11.5. The number of ether oxygens (including phenoxy) is 1. The maximum Gasteiger partial charge on any atom is 0.347 e. The molecule has 142 valence electrons. The topological polar surface area (TPSA) is 225 Å². The third-order valence-electron chi connectivity index (χ3n) is 3.09. The van der Waals surface area contributed by atoms with E-state index in [2.05, 4.69) is 4.74 Å². The molecule has 0 amide bonds. The molecule has 9 N–H and O–H groups in total. The van der Waals surface area contributed by atoms with E-state index in [1.165, 1.54) is 0 Å². The first-order chi connectivity index (χ1) is 11.1. The van der Waals surface area contributed by atoms with E-state index in [0.29, 0.717) is 0 Å². The van der Waals surface area contributed by atoms with E-state index in [0.717, 1.165) is 0 Å². The van der Waals surface area contributed by atoms with Crippen LogP contribution in [0.1, 0.15) is 6.42 Å². The van der Waals surface area contributed by atoms with Gasteiger partial charge in [-0.2, -0.15) is 0 Å². The predicted octanol–water partition coefficient (Wildman–Crippen LogP) is -5.48. The van der Waals surface area contributed by atoms with Crippen LogP contribution >= 0.6 is 0 Å². The Labute approximate surface area is 135 Å². The van der Waals surface area contributed by atoms with E-state index < -0.39 is 74.3 Å². The molecular formula is C12H22O12. The number of aliphatic carboxylic acids is 1. The van der Waals surface area contributed by atoms with Gasteiger partial charge in [0.25, 0.3) is 0 Å². The summed E-state index contributed by atoms with van der Waals surface area (Å²) >= 11 is 0. The highest BCUT2D eigenvalue weighted by molar-refractivity contribution is 5.78. The van der Waals surface area contributed by atoms with E-state index in [-0.39, 0.29) is 0 Å². The van der Waals surface area contributed by atoms with Crippen molar-refractivity contribution in [3.05, 3.63) is 0 Å². The molecule has 12 nitrogen and oxygen atoms in total. The number of carbonyl (C=O) groups is 2. The summed E-state index contributed by atoms with van der Waals surface area (Å²) < 4.78 is 4.37. The Morgan fingerprint density at radius 3 is 1.62 bits per heavy atom. The van der Waals surface area contributed by atoms with Gasteiger partial charge in [-0.15, -0.1) is 0 Å². The molecular weight excluding hydrogens is 336 g/mol. The third kappa shape index (κ3) is 6.62. The minimum Gasteiger partial charge on any atom is -0.478 e. The highest BCUT2D eigenvalue weighted by atomic mass is 16.6. The average molecular weight is 358 g/mol. The molecule has 24 heavy (non-hydrogen) atoms. The van der Waals surface area contributed by atoms with E-state index in [1.54, 1.807) is 0 Å². The second-order valence-electron chi connectivity index (χ2n) is 4.99. The monoisotopic (exact) mass is 358 g/mol. The molecule has 0 spiro atoms. The summed E-state index contributed by atoms with van der Waals surface area (Å²) in [7, 11) is 0. The minimum absolute atomic E-state index is 0.908. The van der Waals surface area contributed by atoms with Gasteiger partial charge < -0.3 is 50.7 Å². The van der Waals surface area contributed by atoms with Gasteiger partial charge in [-0.05, 0) is 0 Å². The molecule has 0 aromatic carbocycles. The summed E-state index contributed by atoms with van der Waals surface area (Å²) in [5.41, 5.74) is 0. The molecule has 0 aliphatic carbocycles. The van der Waals surface area contributed by atoms with Gasteiger partial charge in [-0.25, -0.2) is 4.79 Å². The molecule has 0 radical (unpaired) electrons. The van der Waals surface area contributed by atoms with Crippen LogP contribution in [0.15, 0.2) is 0 Å². The molecule has 0 rings (SSSR count). The number of aliphatic hydroxyl groups excluding tert-OH is 8. The van der Waals surface area contributed by atoms with E-state index in [4.69, 9.17) is 25.5 Å². The van der Waals surface area contributed by atoms with Crippen molar-refractivity contribution >= 4 is 11.9 Å². The lowest BCUT2D eigenvalue weighted by Crippen LogP contribution is -2.50. The first kappa shape index (κ1) is 22.6. The smallest absolute Gasteiger partial charge is 0.347 e. The SMILES string of the molecule is O=C(C[C@@H](O)[C@H](O)[C@H](O)CO)O[C@@H](C(=O)O)[C@@H](O)[C@H](O)[C@H](O)CO. The summed E-state index contributed by atoms with van der Waals surface area (Å²) in [5, 5.41) is 82.2. The second-order valence-corrected chi connectivity index (χ2v) is 4.99. The van der Waals surface area contributed by atoms with Gasteiger partial charge in [0.15, 0.2) is 0 Å². The summed E-state index contributed by atoms with van der Waals surface area (Å²) in [6.07, 6.45) is -15.2. The van der Waals surface area contributed by atoms with Crippen molar-refractivity contribution in [1.82, 2.24) is 0 Å². The Hall–Kier alpha value is -1.38. The lowest BCUT2D eigenvalue weighted by Gasteiger charge is -2.27. The molecule has 0 saturated heterocycles. The Morgan fingerprint density at radius 1 is 0.750 bits per heavy atom. The van der Waals surface area contributed by atoms with Crippen LogP contribution < -0.4 is 0 Å². The van der Waals surface area contributed by atoms with Crippen LogP contribution in [-0.2, 0) is 14.3 Å². The molecule has 0 aromatic heterocycles. The van der Waals surface area contributed by atoms with Gasteiger partial charge in [0.2, 0.25) is 6.10 Å². The third-order valence-corrected chi connectivity index (χ3v) is 3.09. The molecule has 12 heteroatoms. The first-order valence-corrected chi connectivity index (χ1v) is 6.79. The molecule has 0 saturated carbocycles. The molecule has 0 aromatic rings. The Kier molecular flexibility index (Phi) is 9.88. The fourth-order valence-corrected chi connectivity index (χ4v) is 1.63. The van der Waals surface area contributed by atoms with Crippen molar-refractivity contribution in [3.63, 3.8) is 0 Å². The number of aliphatic hydroxyl groups is 8. The van der Waals surface area contributed by atoms with Crippen LogP contribution in [0, 0.1) is 0 Å². The number of carboxylic acids is 1. The second kappa shape index (κ2) is 10.5. The van der Waals surface area contributed by atoms with Gasteiger partial charge in [0, 0.05) is 0 Å². The number of hydrogen-bond donors (Lipinski definition) is 9. The zero-order valence-electron chi connectivity index (χ0n) is 12.4. The highest BCUT2D eigenvalue weighted by Crippen LogP contribution is 2.12. The predicted molar refractivity (Wildman–Crippen MR) is 72.3 cm³/mol. The van der Waals surface area contributed by atoms with Crippen molar-refractivity contribution in [2.75, 3.05) is 13.2 Å². The first-order valence-electron chi connectivity index (χ1n) is 6.79. The summed E-state index contributed by atoms with van der Waals surface area (Å²) in [6.45, 7) is -1.91. The minimum atomic E-state index is -2.33. The number of esters is 1. The Bertz CT molecular complexity index is 401. The molecule has 0 aliphatic rings. The van der Waals surface area contributed by atoms with Crippen LogP contribution in [0.4, 0.5) is 0 Å². The quantitative estimate of drug-likeness (QED) is 0.158. The highest BCUT2D eigenvalue weighted by Gasteiger charge is 2.39.